The first kappa shape index (κ1) is 17.3. The third kappa shape index (κ3) is 2.38. The van der Waals surface area contributed by atoms with Crippen molar-refractivity contribution in [1.82, 2.24) is 0 Å². The Morgan fingerprint density at radius 2 is 1.19 bits per heavy atom. The van der Waals surface area contributed by atoms with Crippen LogP contribution in [0.2, 0.25) is 0 Å². The lowest BCUT2D eigenvalue weighted by molar-refractivity contribution is 0.0516. The van der Waals surface area contributed by atoms with E-state index in [1.807, 2.05) is 0 Å². The van der Waals surface area contributed by atoms with Crippen LogP contribution in [0, 0.1) is 33.5 Å². The number of fused-ring (bicyclic) bond motifs is 1. The normalized spacial score (nSPS) is 44.1. The molecule has 0 radical (unpaired) electrons. The van der Waals surface area contributed by atoms with Crippen LogP contribution in [0.5, 0.6) is 0 Å². The highest BCUT2D eigenvalue weighted by Crippen LogP contribution is 2.72. The van der Waals surface area contributed by atoms with E-state index in [0.29, 0.717) is 28.1 Å². The second-order valence-electron chi connectivity index (χ2n) is 10.9. The van der Waals surface area contributed by atoms with E-state index in [4.69, 9.17) is 5.73 Å². The van der Waals surface area contributed by atoms with E-state index >= 15 is 0 Å². The standard InChI is InChI=1S/C20H39N/c1-14(2)15(3)17(6,7)20(21)12-18(8)10-16(4,5)11-19(18,9)13-20/h14-15H,10-13,21H2,1-9H3. The van der Waals surface area contributed by atoms with Gasteiger partial charge in [0.2, 0.25) is 0 Å². The Labute approximate surface area is 133 Å². The Morgan fingerprint density at radius 3 is 1.52 bits per heavy atom. The fraction of sp³-hybridized carbons (Fsp3) is 1.00. The maximum atomic E-state index is 7.12. The summed E-state index contributed by atoms with van der Waals surface area (Å²) in [6.45, 7) is 21.9. The molecule has 0 aromatic rings. The molecule has 0 heterocycles. The molecule has 0 aliphatic heterocycles. The van der Waals surface area contributed by atoms with E-state index in [-0.39, 0.29) is 11.0 Å². The molecule has 3 unspecified atom stereocenters. The maximum absolute atomic E-state index is 7.12. The van der Waals surface area contributed by atoms with Crippen molar-refractivity contribution < 1.29 is 0 Å². The van der Waals surface area contributed by atoms with Crippen LogP contribution in [0.1, 0.15) is 88.0 Å². The van der Waals surface area contributed by atoms with Gasteiger partial charge in [-0.3, -0.25) is 0 Å². The smallest absolute Gasteiger partial charge is 0.0219 e. The summed E-state index contributed by atoms with van der Waals surface area (Å²) < 4.78 is 0. The van der Waals surface area contributed by atoms with Gasteiger partial charge in [0.1, 0.15) is 0 Å². The molecule has 0 amide bonds. The van der Waals surface area contributed by atoms with Gasteiger partial charge < -0.3 is 5.73 Å². The summed E-state index contributed by atoms with van der Waals surface area (Å²) in [7, 11) is 0. The minimum atomic E-state index is -0.0172. The lowest BCUT2D eigenvalue weighted by Crippen LogP contribution is -2.55. The molecular formula is C20H39N. The van der Waals surface area contributed by atoms with Crippen molar-refractivity contribution in [3.8, 4) is 0 Å². The summed E-state index contributed by atoms with van der Waals surface area (Å²) in [6, 6.07) is 0. The van der Waals surface area contributed by atoms with Gasteiger partial charge in [-0.1, -0.05) is 62.3 Å². The van der Waals surface area contributed by atoms with Crippen molar-refractivity contribution in [3.63, 3.8) is 0 Å². The Bertz CT molecular complexity index is 398. The quantitative estimate of drug-likeness (QED) is 0.717. The largest absolute Gasteiger partial charge is 0.325 e. The van der Waals surface area contributed by atoms with Crippen LogP contribution in [0.25, 0.3) is 0 Å². The van der Waals surface area contributed by atoms with Crippen LogP contribution in [0.15, 0.2) is 0 Å². The summed E-state index contributed by atoms with van der Waals surface area (Å²) in [5.74, 6) is 1.35. The minimum absolute atomic E-state index is 0.0172. The maximum Gasteiger partial charge on any atom is 0.0219 e. The molecule has 2 fully saturated rings. The average molecular weight is 294 g/mol. The molecule has 2 aliphatic rings. The van der Waals surface area contributed by atoms with E-state index < -0.39 is 0 Å². The van der Waals surface area contributed by atoms with E-state index in [0.717, 1.165) is 0 Å². The first-order chi connectivity index (χ1) is 9.18. The molecule has 0 aromatic carbocycles. The molecule has 0 saturated heterocycles. The molecule has 3 atom stereocenters. The monoisotopic (exact) mass is 293 g/mol. The van der Waals surface area contributed by atoms with Crippen molar-refractivity contribution in [2.75, 3.05) is 0 Å². The number of hydrogen-bond acceptors (Lipinski definition) is 1. The zero-order chi connectivity index (χ0) is 16.5. The van der Waals surface area contributed by atoms with E-state index in [1.54, 1.807) is 0 Å². The fourth-order valence-electron chi connectivity index (χ4n) is 6.35. The summed E-state index contributed by atoms with van der Waals surface area (Å²) in [4.78, 5) is 0. The van der Waals surface area contributed by atoms with Gasteiger partial charge in [-0.15, -0.1) is 0 Å². The van der Waals surface area contributed by atoms with Crippen LogP contribution >= 0.6 is 0 Å². The Kier molecular flexibility index (Phi) is 3.71. The summed E-state index contributed by atoms with van der Waals surface area (Å²) in [5.41, 5.74) is 8.62. The molecule has 21 heavy (non-hydrogen) atoms. The number of rotatable bonds is 3. The molecule has 0 spiro atoms. The highest BCUT2D eigenvalue weighted by molar-refractivity contribution is 5.19. The van der Waals surface area contributed by atoms with Crippen molar-refractivity contribution >= 4 is 0 Å². The summed E-state index contributed by atoms with van der Waals surface area (Å²) in [5, 5.41) is 0. The third-order valence-electron chi connectivity index (χ3n) is 8.03. The second kappa shape index (κ2) is 4.49. The molecule has 2 rings (SSSR count). The molecule has 2 saturated carbocycles. The lowest BCUT2D eigenvalue weighted by atomic mass is 9.60. The van der Waals surface area contributed by atoms with Crippen LogP contribution in [-0.2, 0) is 0 Å². The van der Waals surface area contributed by atoms with Crippen molar-refractivity contribution in [2.24, 2.45) is 39.2 Å². The fourth-order valence-corrected chi connectivity index (χ4v) is 6.35. The first-order valence-electron chi connectivity index (χ1n) is 8.97. The molecule has 1 nitrogen and oxygen atoms in total. The third-order valence-corrected chi connectivity index (χ3v) is 8.03. The zero-order valence-corrected chi connectivity index (χ0v) is 16.1. The van der Waals surface area contributed by atoms with Gasteiger partial charge in [-0.05, 0) is 59.2 Å². The predicted molar refractivity (Wildman–Crippen MR) is 93.2 cm³/mol. The van der Waals surface area contributed by atoms with E-state index in [2.05, 4.69) is 62.3 Å². The zero-order valence-electron chi connectivity index (χ0n) is 16.1. The van der Waals surface area contributed by atoms with Crippen molar-refractivity contribution in [2.45, 2.75) is 93.5 Å². The van der Waals surface area contributed by atoms with Crippen LogP contribution < -0.4 is 5.73 Å². The lowest BCUT2D eigenvalue weighted by Gasteiger charge is -2.49. The average Bonchev–Trinajstić information content (AvgIpc) is 2.52. The summed E-state index contributed by atoms with van der Waals surface area (Å²) >= 11 is 0. The van der Waals surface area contributed by atoms with Crippen LogP contribution in [0.4, 0.5) is 0 Å². The summed E-state index contributed by atoms with van der Waals surface area (Å²) in [6.07, 6.45) is 5.07. The van der Waals surface area contributed by atoms with Gasteiger partial charge in [0.15, 0.2) is 0 Å². The van der Waals surface area contributed by atoms with Gasteiger partial charge in [0.05, 0.1) is 0 Å². The SMILES string of the molecule is CC(C)C(C)C(C)(C)C1(N)CC2(C)CC(C)(C)CC2(C)C1. The molecule has 0 bridgehead atoms. The molecule has 124 valence electrons. The topological polar surface area (TPSA) is 26.0 Å². The molecule has 2 aliphatic carbocycles. The van der Waals surface area contributed by atoms with Gasteiger partial charge in [0.25, 0.3) is 0 Å². The molecule has 0 aromatic heterocycles. The van der Waals surface area contributed by atoms with Gasteiger partial charge in [-0.25, -0.2) is 0 Å². The second-order valence-corrected chi connectivity index (χ2v) is 10.9. The van der Waals surface area contributed by atoms with E-state index in [1.165, 1.54) is 25.7 Å². The molecule has 1 heteroatoms. The van der Waals surface area contributed by atoms with Crippen LogP contribution in [-0.4, -0.2) is 5.54 Å². The Hall–Kier alpha value is -0.0400. The number of hydrogen-bond donors (Lipinski definition) is 1. The van der Waals surface area contributed by atoms with Gasteiger partial charge >= 0.3 is 0 Å². The molecule has 2 N–H and O–H groups in total. The highest BCUT2D eigenvalue weighted by Gasteiger charge is 2.66. The van der Waals surface area contributed by atoms with Gasteiger partial charge in [0, 0.05) is 5.54 Å². The number of nitrogens with two attached hydrogens (primary N) is 1. The highest BCUT2D eigenvalue weighted by atomic mass is 14.9. The minimum Gasteiger partial charge on any atom is -0.325 e. The molecular weight excluding hydrogens is 254 g/mol. The Morgan fingerprint density at radius 1 is 0.810 bits per heavy atom. The first-order valence-corrected chi connectivity index (χ1v) is 8.97. The van der Waals surface area contributed by atoms with Crippen molar-refractivity contribution in [3.05, 3.63) is 0 Å². The van der Waals surface area contributed by atoms with Crippen molar-refractivity contribution in [1.29, 1.82) is 0 Å². The Balaban J connectivity index is 2.34. The van der Waals surface area contributed by atoms with E-state index in [9.17, 15) is 0 Å². The predicted octanol–water partition coefficient (Wildman–Crippen LogP) is 5.63. The van der Waals surface area contributed by atoms with Crippen LogP contribution in [0.3, 0.4) is 0 Å². The van der Waals surface area contributed by atoms with Gasteiger partial charge in [-0.2, -0.15) is 0 Å².